The van der Waals surface area contributed by atoms with Crippen LogP contribution in [0.2, 0.25) is 0 Å². The quantitative estimate of drug-likeness (QED) is 0.471. The van der Waals surface area contributed by atoms with E-state index >= 15 is 0 Å². The lowest BCUT2D eigenvalue weighted by atomic mass is 9.88. The van der Waals surface area contributed by atoms with Gasteiger partial charge in [-0.1, -0.05) is 36.8 Å². The largest absolute Gasteiger partial charge is 0.481 e. The lowest BCUT2D eigenvalue weighted by molar-refractivity contribution is -0.142. The molecule has 4 rings (SSSR count). The molecular formula is C27H32N2O3S. The maximum atomic E-state index is 12.0. The number of aliphatic carboxylic acids is 1. The number of carbonyl (C=O) groups is 2. The number of benzene rings is 1. The molecule has 0 aliphatic carbocycles. The summed E-state index contributed by atoms with van der Waals surface area (Å²) in [5.74, 6) is -0.884. The van der Waals surface area contributed by atoms with Crippen LogP contribution in [0.25, 0.3) is 21.3 Å². The molecule has 1 aromatic carbocycles. The molecule has 1 unspecified atom stereocenters. The molecule has 174 valence electrons. The SMILES string of the molecule is CCC(CCCc1c(C)nc2sc3c(c2c1-c1ccc(C)cc1)CCN(C(C)=O)C3)C(=O)O. The third-order valence-corrected chi connectivity index (χ3v) is 8.01. The molecule has 1 N–H and O–H groups in total. The van der Waals surface area contributed by atoms with Crippen molar-refractivity contribution in [3.8, 4) is 11.1 Å². The van der Waals surface area contributed by atoms with E-state index in [1.54, 1.807) is 18.3 Å². The molecule has 1 atom stereocenters. The van der Waals surface area contributed by atoms with Crippen molar-refractivity contribution in [1.82, 2.24) is 9.88 Å². The number of rotatable bonds is 7. The Morgan fingerprint density at radius 1 is 1.21 bits per heavy atom. The smallest absolute Gasteiger partial charge is 0.306 e. The second-order valence-corrected chi connectivity index (χ2v) is 10.2. The first-order valence-electron chi connectivity index (χ1n) is 11.8. The van der Waals surface area contributed by atoms with Gasteiger partial charge in [0.1, 0.15) is 4.83 Å². The normalized spacial score (nSPS) is 14.4. The highest BCUT2D eigenvalue weighted by Crippen LogP contribution is 2.43. The van der Waals surface area contributed by atoms with Gasteiger partial charge in [0, 0.05) is 29.4 Å². The zero-order valence-electron chi connectivity index (χ0n) is 19.9. The van der Waals surface area contributed by atoms with E-state index in [0.717, 1.165) is 36.3 Å². The van der Waals surface area contributed by atoms with Crippen LogP contribution in [-0.2, 0) is 29.0 Å². The molecule has 0 radical (unpaired) electrons. The van der Waals surface area contributed by atoms with Crippen LogP contribution < -0.4 is 0 Å². The number of aryl methyl sites for hydroxylation is 2. The number of aromatic nitrogens is 1. The van der Waals surface area contributed by atoms with Crippen molar-refractivity contribution in [1.29, 1.82) is 0 Å². The summed E-state index contributed by atoms with van der Waals surface area (Å²) < 4.78 is 0. The van der Waals surface area contributed by atoms with Crippen LogP contribution in [0.5, 0.6) is 0 Å². The number of thiophene rings is 1. The van der Waals surface area contributed by atoms with E-state index in [-0.39, 0.29) is 11.8 Å². The number of amides is 1. The van der Waals surface area contributed by atoms with Crippen molar-refractivity contribution in [2.75, 3.05) is 6.54 Å². The first kappa shape index (κ1) is 23.4. The van der Waals surface area contributed by atoms with Crippen molar-refractivity contribution >= 4 is 33.4 Å². The Morgan fingerprint density at radius 3 is 2.58 bits per heavy atom. The van der Waals surface area contributed by atoms with E-state index in [1.807, 2.05) is 11.8 Å². The fourth-order valence-electron chi connectivity index (χ4n) is 4.92. The topological polar surface area (TPSA) is 70.5 Å². The number of hydrogen-bond acceptors (Lipinski definition) is 4. The summed E-state index contributed by atoms with van der Waals surface area (Å²) in [6.45, 7) is 9.14. The molecule has 2 aromatic heterocycles. The number of pyridine rings is 1. The van der Waals surface area contributed by atoms with Gasteiger partial charge in [-0.25, -0.2) is 4.98 Å². The molecule has 0 saturated carbocycles. The summed E-state index contributed by atoms with van der Waals surface area (Å²) in [5.41, 5.74) is 7.22. The van der Waals surface area contributed by atoms with Gasteiger partial charge in [-0.2, -0.15) is 0 Å². The number of carboxylic acids is 1. The van der Waals surface area contributed by atoms with Gasteiger partial charge in [0.2, 0.25) is 5.91 Å². The van der Waals surface area contributed by atoms with Gasteiger partial charge in [0.25, 0.3) is 0 Å². The second kappa shape index (κ2) is 9.64. The highest BCUT2D eigenvalue weighted by Gasteiger charge is 2.27. The Balaban J connectivity index is 1.82. The molecule has 0 fully saturated rings. The van der Waals surface area contributed by atoms with Crippen molar-refractivity contribution in [2.24, 2.45) is 5.92 Å². The predicted octanol–water partition coefficient (Wildman–Crippen LogP) is 5.92. The average Bonchev–Trinajstić information content (AvgIpc) is 3.14. The molecule has 0 spiro atoms. The van der Waals surface area contributed by atoms with Crippen LogP contribution in [0.15, 0.2) is 24.3 Å². The molecule has 6 heteroatoms. The zero-order valence-corrected chi connectivity index (χ0v) is 20.7. The summed E-state index contributed by atoms with van der Waals surface area (Å²) >= 11 is 1.71. The maximum Gasteiger partial charge on any atom is 0.306 e. The lowest BCUT2D eigenvalue weighted by Gasteiger charge is -2.26. The van der Waals surface area contributed by atoms with Crippen LogP contribution in [0, 0.1) is 19.8 Å². The molecule has 0 saturated heterocycles. The fraction of sp³-hybridized carbons (Fsp3) is 0.444. The molecule has 5 nitrogen and oxygen atoms in total. The number of carboxylic acid groups (broad SMARTS) is 1. The minimum atomic E-state index is -0.705. The Labute approximate surface area is 199 Å². The molecular weight excluding hydrogens is 432 g/mol. The minimum absolute atomic E-state index is 0.116. The average molecular weight is 465 g/mol. The van der Waals surface area contributed by atoms with Crippen LogP contribution in [0.3, 0.4) is 0 Å². The van der Waals surface area contributed by atoms with Gasteiger partial charge >= 0.3 is 5.97 Å². The van der Waals surface area contributed by atoms with E-state index in [0.29, 0.717) is 19.4 Å². The van der Waals surface area contributed by atoms with Crippen molar-refractivity contribution in [3.63, 3.8) is 0 Å². The highest BCUT2D eigenvalue weighted by molar-refractivity contribution is 7.19. The van der Waals surface area contributed by atoms with Crippen LogP contribution in [0.4, 0.5) is 0 Å². The van der Waals surface area contributed by atoms with Gasteiger partial charge in [0.15, 0.2) is 0 Å². The van der Waals surface area contributed by atoms with E-state index in [2.05, 4.69) is 38.1 Å². The Bertz CT molecular complexity index is 1200. The molecule has 1 aliphatic rings. The summed E-state index contributed by atoms with van der Waals surface area (Å²) in [5, 5.41) is 10.7. The highest BCUT2D eigenvalue weighted by atomic mass is 32.1. The lowest BCUT2D eigenvalue weighted by Crippen LogP contribution is -2.33. The molecule has 3 aromatic rings. The van der Waals surface area contributed by atoms with Gasteiger partial charge in [-0.05, 0) is 68.2 Å². The van der Waals surface area contributed by atoms with E-state index in [1.165, 1.54) is 38.1 Å². The third-order valence-electron chi connectivity index (χ3n) is 6.90. The zero-order chi connectivity index (χ0) is 23.7. The standard InChI is InChI=1S/C27H32N2O3S/c1-5-19(27(31)32)7-6-8-21-17(3)28-26-25(24(21)20-11-9-16(2)10-12-20)22-13-14-29(18(4)30)15-23(22)33-26/h9-12,19H,5-8,13-15H2,1-4H3,(H,31,32). The van der Waals surface area contributed by atoms with E-state index in [4.69, 9.17) is 4.98 Å². The van der Waals surface area contributed by atoms with Crippen molar-refractivity contribution in [2.45, 2.75) is 66.3 Å². The Morgan fingerprint density at radius 2 is 1.94 bits per heavy atom. The van der Waals surface area contributed by atoms with Crippen molar-refractivity contribution in [3.05, 3.63) is 51.5 Å². The molecule has 1 aliphatic heterocycles. The first-order valence-corrected chi connectivity index (χ1v) is 12.6. The third kappa shape index (κ3) is 4.67. The van der Waals surface area contributed by atoms with E-state index < -0.39 is 5.97 Å². The predicted molar refractivity (Wildman–Crippen MR) is 134 cm³/mol. The van der Waals surface area contributed by atoms with Crippen molar-refractivity contribution < 1.29 is 14.7 Å². The number of hydrogen-bond donors (Lipinski definition) is 1. The van der Waals surface area contributed by atoms with Gasteiger partial charge in [-0.3, -0.25) is 9.59 Å². The summed E-state index contributed by atoms with van der Waals surface area (Å²) in [7, 11) is 0. The van der Waals surface area contributed by atoms with Gasteiger partial charge in [-0.15, -0.1) is 11.3 Å². The Kier molecular flexibility index (Phi) is 6.84. The minimum Gasteiger partial charge on any atom is -0.481 e. The second-order valence-electron chi connectivity index (χ2n) is 9.13. The molecule has 1 amide bonds. The first-order chi connectivity index (χ1) is 15.8. The number of nitrogens with zero attached hydrogens (tertiary/aromatic N) is 2. The maximum absolute atomic E-state index is 12.0. The van der Waals surface area contributed by atoms with Crippen LogP contribution in [-0.4, -0.2) is 33.4 Å². The molecule has 33 heavy (non-hydrogen) atoms. The number of carbonyl (C=O) groups excluding carboxylic acids is 1. The van der Waals surface area contributed by atoms with E-state index in [9.17, 15) is 14.7 Å². The summed E-state index contributed by atoms with van der Waals surface area (Å²) in [4.78, 5) is 32.7. The monoisotopic (exact) mass is 464 g/mol. The fourth-order valence-corrected chi connectivity index (χ4v) is 6.21. The number of fused-ring (bicyclic) bond motifs is 3. The Hall–Kier alpha value is -2.73. The van der Waals surface area contributed by atoms with Gasteiger partial charge in [0.05, 0.1) is 12.5 Å². The summed E-state index contributed by atoms with van der Waals surface area (Å²) in [6.07, 6.45) is 3.80. The van der Waals surface area contributed by atoms with Gasteiger partial charge < -0.3 is 10.0 Å². The summed E-state index contributed by atoms with van der Waals surface area (Å²) in [6, 6.07) is 8.67. The molecule has 3 heterocycles. The molecule has 0 bridgehead atoms. The van der Waals surface area contributed by atoms with Crippen LogP contribution in [0.1, 0.15) is 60.4 Å². The van der Waals surface area contributed by atoms with Crippen LogP contribution >= 0.6 is 11.3 Å².